The summed E-state index contributed by atoms with van der Waals surface area (Å²) in [5.74, 6) is 1.06. The average Bonchev–Trinajstić information content (AvgIpc) is 3.29. The number of hydrogen-bond acceptors (Lipinski definition) is 9. The van der Waals surface area contributed by atoms with E-state index < -0.39 is 9.73 Å². The second kappa shape index (κ2) is 10.7. The molecule has 3 rings (SSSR count). The Morgan fingerprint density at radius 2 is 2.06 bits per heavy atom. The maximum Gasteiger partial charge on any atom is 0.229 e. The molecule has 1 unspecified atom stereocenters. The number of nitrogens with zero attached hydrogens (tertiary/aromatic N) is 3. The van der Waals surface area contributed by atoms with Crippen LogP contribution in [0.25, 0.3) is 10.4 Å². The Labute approximate surface area is 186 Å². The first-order valence-corrected chi connectivity index (χ1v) is 12.6. The van der Waals surface area contributed by atoms with Gasteiger partial charge in [-0.1, -0.05) is 6.07 Å². The van der Waals surface area contributed by atoms with E-state index in [1.165, 1.54) is 0 Å². The van der Waals surface area contributed by atoms with Gasteiger partial charge in [0.05, 0.1) is 35.1 Å². The standard InChI is InChI=1S/C21H27N5O3S2/c1-15(14-27)24-20-18(19-5-4-12-30-19)13-22-21(26-20)25-16-6-8-17(9-7-16)31(3,28)23-10-11-29-2/h4-9,12-13,15,27H,10-11,14H2,1-3H3,(H2,22,24,25,26)/t15-,31?/m1/s1. The number of thiophene rings is 1. The van der Waals surface area contributed by atoms with Gasteiger partial charge in [0.15, 0.2) is 0 Å². The fourth-order valence-electron chi connectivity index (χ4n) is 2.74. The van der Waals surface area contributed by atoms with Gasteiger partial charge in [-0.15, -0.1) is 11.3 Å². The van der Waals surface area contributed by atoms with Crippen LogP contribution in [-0.4, -0.2) is 58.4 Å². The molecule has 0 saturated carbocycles. The lowest BCUT2D eigenvalue weighted by atomic mass is 10.2. The summed E-state index contributed by atoms with van der Waals surface area (Å²) in [5, 5.41) is 17.8. The molecule has 0 aliphatic carbocycles. The minimum atomic E-state index is -2.47. The van der Waals surface area contributed by atoms with E-state index in [0.29, 0.717) is 29.8 Å². The first-order chi connectivity index (χ1) is 14.9. The van der Waals surface area contributed by atoms with Crippen LogP contribution in [0.5, 0.6) is 0 Å². The van der Waals surface area contributed by atoms with Crippen molar-refractivity contribution in [1.82, 2.24) is 9.97 Å². The van der Waals surface area contributed by atoms with E-state index in [0.717, 1.165) is 16.1 Å². The van der Waals surface area contributed by atoms with Gasteiger partial charge in [0.25, 0.3) is 0 Å². The number of rotatable bonds is 10. The largest absolute Gasteiger partial charge is 0.394 e. The van der Waals surface area contributed by atoms with Crippen molar-refractivity contribution in [1.29, 1.82) is 0 Å². The molecule has 0 aliphatic heterocycles. The minimum Gasteiger partial charge on any atom is -0.394 e. The zero-order valence-electron chi connectivity index (χ0n) is 17.7. The van der Waals surface area contributed by atoms with E-state index in [4.69, 9.17) is 4.74 Å². The maximum atomic E-state index is 12.8. The molecule has 166 valence electrons. The third-order valence-corrected chi connectivity index (χ3v) is 7.14. The molecule has 10 heteroatoms. The Bertz CT molecular complexity index is 1090. The molecule has 0 fully saturated rings. The van der Waals surface area contributed by atoms with Crippen LogP contribution in [-0.2, 0) is 14.5 Å². The van der Waals surface area contributed by atoms with E-state index in [1.807, 2.05) is 36.6 Å². The molecule has 3 N–H and O–H groups in total. The quantitative estimate of drug-likeness (QED) is 0.394. The molecule has 1 aromatic carbocycles. The summed E-state index contributed by atoms with van der Waals surface area (Å²) >= 11 is 1.60. The zero-order chi connectivity index (χ0) is 22.3. The average molecular weight is 462 g/mol. The molecular weight excluding hydrogens is 434 g/mol. The van der Waals surface area contributed by atoms with Crippen LogP contribution in [0.4, 0.5) is 17.5 Å². The van der Waals surface area contributed by atoms with E-state index in [-0.39, 0.29) is 12.6 Å². The van der Waals surface area contributed by atoms with Crippen molar-refractivity contribution < 1.29 is 14.1 Å². The highest BCUT2D eigenvalue weighted by Crippen LogP contribution is 2.31. The van der Waals surface area contributed by atoms with Crippen molar-refractivity contribution in [2.45, 2.75) is 17.9 Å². The molecule has 0 bridgehead atoms. The summed E-state index contributed by atoms with van der Waals surface area (Å²) in [6.45, 7) is 2.70. The summed E-state index contributed by atoms with van der Waals surface area (Å²) in [4.78, 5) is 10.7. The molecule has 0 amide bonds. The predicted molar refractivity (Wildman–Crippen MR) is 127 cm³/mol. The van der Waals surface area contributed by atoms with Crippen LogP contribution in [0.3, 0.4) is 0 Å². The van der Waals surface area contributed by atoms with Crippen molar-refractivity contribution >= 4 is 38.5 Å². The van der Waals surface area contributed by atoms with Gasteiger partial charge in [-0.05, 0) is 42.6 Å². The second-order valence-electron chi connectivity index (χ2n) is 6.96. The molecule has 0 saturated heterocycles. The molecule has 2 atom stereocenters. The van der Waals surface area contributed by atoms with Crippen LogP contribution >= 0.6 is 11.3 Å². The maximum absolute atomic E-state index is 12.8. The highest BCUT2D eigenvalue weighted by Gasteiger charge is 2.13. The Balaban J connectivity index is 1.81. The zero-order valence-corrected chi connectivity index (χ0v) is 19.4. The van der Waals surface area contributed by atoms with Gasteiger partial charge in [0, 0.05) is 41.1 Å². The van der Waals surface area contributed by atoms with Crippen molar-refractivity contribution in [3.8, 4) is 10.4 Å². The predicted octanol–water partition coefficient (Wildman–Crippen LogP) is 3.84. The lowest BCUT2D eigenvalue weighted by molar-refractivity contribution is 0.208. The molecule has 2 heterocycles. The molecule has 0 aliphatic rings. The molecule has 8 nitrogen and oxygen atoms in total. The summed E-state index contributed by atoms with van der Waals surface area (Å²) in [6.07, 6.45) is 3.38. The van der Waals surface area contributed by atoms with Gasteiger partial charge in [0.1, 0.15) is 5.82 Å². The second-order valence-corrected chi connectivity index (χ2v) is 10.2. The Morgan fingerprint density at radius 3 is 2.71 bits per heavy atom. The number of hydrogen-bond donors (Lipinski definition) is 3. The molecule has 31 heavy (non-hydrogen) atoms. The number of ether oxygens (including phenoxy) is 1. The number of nitrogens with one attached hydrogen (secondary N) is 2. The van der Waals surface area contributed by atoms with Gasteiger partial charge < -0.3 is 20.5 Å². The topological polar surface area (TPSA) is 109 Å². The smallest absolute Gasteiger partial charge is 0.229 e. The monoisotopic (exact) mass is 461 g/mol. The molecule has 0 spiro atoms. The van der Waals surface area contributed by atoms with Gasteiger partial charge >= 0.3 is 0 Å². The van der Waals surface area contributed by atoms with E-state index in [1.54, 1.807) is 43.0 Å². The number of benzene rings is 1. The van der Waals surface area contributed by atoms with Crippen molar-refractivity contribution in [2.75, 3.05) is 43.8 Å². The van der Waals surface area contributed by atoms with Gasteiger partial charge in [0.2, 0.25) is 5.95 Å². The lowest BCUT2D eigenvalue weighted by Crippen LogP contribution is -2.21. The highest BCUT2D eigenvalue weighted by atomic mass is 32.2. The summed E-state index contributed by atoms with van der Waals surface area (Å²) in [7, 11) is -0.881. The van der Waals surface area contributed by atoms with Crippen LogP contribution in [0.15, 0.2) is 57.2 Å². The first-order valence-electron chi connectivity index (χ1n) is 9.75. The fourth-order valence-corrected chi connectivity index (χ4v) is 4.69. The van der Waals surface area contributed by atoms with Crippen LogP contribution < -0.4 is 10.6 Å². The summed E-state index contributed by atoms with van der Waals surface area (Å²) < 4.78 is 22.0. The number of aliphatic hydroxyl groups excluding tert-OH is 1. The number of aromatic nitrogens is 2. The van der Waals surface area contributed by atoms with Gasteiger partial charge in [-0.25, -0.2) is 13.6 Å². The van der Waals surface area contributed by atoms with Crippen molar-refractivity contribution in [2.24, 2.45) is 4.36 Å². The van der Waals surface area contributed by atoms with Crippen molar-refractivity contribution in [3.63, 3.8) is 0 Å². The van der Waals surface area contributed by atoms with Crippen LogP contribution in [0.2, 0.25) is 0 Å². The highest BCUT2D eigenvalue weighted by molar-refractivity contribution is 7.93. The first kappa shape index (κ1) is 23.1. The van der Waals surface area contributed by atoms with Crippen LogP contribution in [0.1, 0.15) is 6.92 Å². The molecule has 3 aromatic rings. The lowest BCUT2D eigenvalue weighted by Gasteiger charge is -2.16. The summed E-state index contributed by atoms with van der Waals surface area (Å²) in [6, 6.07) is 11.0. The van der Waals surface area contributed by atoms with E-state index in [2.05, 4.69) is 25.0 Å². The normalized spacial score (nSPS) is 13.9. The number of aliphatic hydroxyl groups is 1. The third-order valence-electron chi connectivity index (χ3n) is 4.41. The fraction of sp³-hybridized carbons (Fsp3) is 0.333. The van der Waals surface area contributed by atoms with E-state index >= 15 is 0 Å². The molecule has 2 aromatic heterocycles. The minimum absolute atomic E-state index is 0.0101. The molecular formula is C21H27N5O3S2. The van der Waals surface area contributed by atoms with E-state index in [9.17, 15) is 9.32 Å². The Hall–Kier alpha value is -2.53. The van der Waals surface area contributed by atoms with Crippen LogP contribution in [0, 0.1) is 0 Å². The third kappa shape index (κ3) is 6.23. The van der Waals surface area contributed by atoms with Gasteiger partial charge in [-0.2, -0.15) is 4.98 Å². The Kier molecular flexibility index (Phi) is 7.97. The number of methoxy groups -OCH3 is 1. The van der Waals surface area contributed by atoms with Gasteiger partial charge in [-0.3, -0.25) is 0 Å². The SMILES string of the molecule is COCCN=S(C)(=O)c1ccc(Nc2ncc(-c3cccs3)c(N[C@H](C)CO)n2)cc1. The molecule has 0 radical (unpaired) electrons. The van der Waals surface area contributed by atoms with Crippen molar-refractivity contribution in [3.05, 3.63) is 48.0 Å². The number of anilines is 3. The summed E-state index contributed by atoms with van der Waals surface area (Å²) in [5.41, 5.74) is 1.64. The Morgan fingerprint density at radius 1 is 1.29 bits per heavy atom.